The lowest BCUT2D eigenvalue weighted by atomic mass is 9.63. The van der Waals surface area contributed by atoms with Crippen LogP contribution >= 0.6 is 11.6 Å². The molecule has 2 aromatic carbocycles. The van der Waals surface area contributed by atoms with E-state index in [0.29, 0.717) is 11.6 Å². The van der Waals surface area contributed by atoms with Crippen molar-refractivity contribution >= 4 is 28.5 Å². The highest BCUT2D eigenvalue weighted by Gasteiger charge is 2.73. The smallest absolute Gasteiger partial charge is 0.233 e. The molecular weight excluding hydrogens is 406 g/mol. The first-order chi connectivity index (χ1) is 14.6. The summed E-state index contributed by atoms with van der Waals surface area (Å²) in [6.07, 6.45) is 1.73. The molecule has 0 saturated heterocycles. The van der Waals surface area contributed by atoms with E-state index in [9.17, 15) is 4.79 Å². The predicted octanol–water partition coefficient (Wildman–Crippen LogP) is 5.55. The van der Waals surface area contributed by atoms with E-state index >= 15 is 0 Å². The fraction of sp³-hybridized carbons (Fsp3) is 0.423. The van der Waals surface area contributed by atoms with Crippen molar-refractivity contribution in [2.75, 3.05) is 0 Å². The molecule has 160 valence electrons. The van der Waals surface area contributed by atoms with Crippen LogP contribution in [0.2, 0.25) is 5.02 Å². The van der Waals surface area contributed by atoms with Gasteiger partial charge in [-0.1, -0.05) is 44.5 Å². The molecule has 4 nitrogen and oxygen atoms in total. The molecule has 1 amide bonds. The van der Waals surface area contributed by atoms with E-state index in [-0.39, 0.29) is 16.7 Å². The molecule has 2 aliphatic carbocycles. The van der Waals surface area contributed by atoms with Crippen LogP contribution in [0.25, 0.3) is 11.0 Å². The van der Waals surface area contributed by atoms with Crippen LogP contribution in [-0.4, -0.2) is 15.9 Å². The van der Waals surface area contributed by atoms with Gasteiger partial charge in [-0.2, -0.15) is 0 Å². The highest BCUT2D eigenvalue weighted by atomic mass is 35.5. The number of nitrogens with one attached hydrogen (secondary N) is 1. The van der Waals surface area contributed by atoms with Gasteiger partial charge in [0.25, 0.3) is 0 Å². The quantitative estimate of drug-likeness (QED) is 0.589. The van der Waals surface area contributed by atoms with Gasteiger partial charge in [-0.05, 0) is 73.1 Å². The lowest BCUT2D eigenvalue weighted by Crippen LogP contribution is -2.51. The number of carbonyl (C=O) groups is 1. The largest absolute Gasteiger partial charge is 0.351 e. The number of fused-ring (bicyclic) bond motifs is 6. The number of halogens is 1. The van der Waals surface area contributed by atoms with E-state index in [2.05, 4.69) is 52.1 Å². The minimum atomic E-state index is -0.677. The minimum absolute atomic E-state index is 0.0485. The van der Waals surface area contributed by atoms with E-state index in [4.69, 9.17) is 21.6 Å². The molecule has 2 aliphatic rings. The monoisotopic (exact) mass is 433 g/mol. The second-order valence-electron chi connectivity index (χ2n) is 10.0. The molecule has 3 aromatic rings. The topological polar surface area (TPSA) is 54.9 Å². The van der Waals surface area contributed by atoms with Gasteiger partial charge in [-0.15, -0.1) is 0 Å². The number of nitrogens with zero attached hydrogens (tertiary/aromatic N) is 2. The molecule has 1 aromatic heterocycles. The van der Waals surface area contributed by atoms with Crippen LogP contribution < -0.4 is 5.32 Å². The van der Waals surface area contributed by atoms with Gasteiger partial charge < -0.3 is 5.32 Å². The molecule has 0 radical (unpaired) electrons. The average molecular weight is 434 g/mol. The molecule has 1 saturated carbocycles. The average Bonchev–Trinajstić information content (AvgIpc) is 3.02. The summed E-state index contributed by atoms with van der Waals surface area (Å²) in [5, 5.41) is 3.90. The van der Waals surface area contributed by atoms with Crippen LogP contribution in [0.4, 0.5) is 0 Å². The van der Waals surface area contributed by atoms with Gasteiger partial charge >= 0.3 is 0 Å². The first-order valence-electron chi connectivity index (χ1n) is 10.9. The summed E-state index contributed by atoms with van der Waals surface area (Å²) in [5.74, 6) is 0.0485. The molecule has 2 unspecified atom stereocenters. The van der Waals surface area contributed by atoms with E-state index in [1.54, 1.807) is 0 Å². The Balaban J connectivity index is 1.61. The lowest BCUT2D eigenvalue weighted by Gasteiger charge is -2.39. The van der Waals surface area contributed by atoms with Gasteiger partial charge in [0.05, 0.1) is 27.8 Å². The summed E-state index contributed by atoms with van der Waals surface area (Å²) < 4.78 is 0. The maximum absolute atomic E-state index is 13.8. The zero-order valence-electron chi connectivity index (χ0n) is 18.8. The van der Waals surface area contributed by atoms with Crippen molar-refractivity contribution in [1.29, 1.82) is 0 Å². The van der Waals surface area contributed by atoms with Crippen molar-refractivity contribution < 1.29 is 4.79 Å². The zero-order chi connectivity index (χ0) is 22.2. The summed E-state index contributed by atoms with van der Waals surface area (Å²) >= 11 is 6.00. The Morgan fingerprint density at radius 3 is 2.16 bits per heavy atom. The summed E-state index contributed by atoms with van der Waals surface area (Å²) in [6.45, 7) is 11.4. The molecule has 2 bridgehead atoms. The van der Waals surface area contributed by atoms with Gasteiger partial charge in [-0.25, -0.2) is 9.97 Å². The maximum atomic E-state index is 13.8. The van der Waals surface area contributed by atoms with Crippen molar-refractivity contribution in [1.82, 2.24) is 15.3 Å². The number of carbonyl (C=O) groups excluding carboxylic acids is 1. The Morgan fingerprint density at radius 2 is 1.55 bits per heavy atom. The van der Waals surface area contributed by atoms with Crippen LogP contribution in [0.15, 0.2) is 36.4 Å². The van der Waals surface area contributed by atoms with Gasteiger partial charge in [0.2, 0.25) is 5.91 Å². The van der Waals surface area contributed by atoms with Gasteiger partial charge in [0, 0.05) is 17.0 Å². The fourth-order valence-electron chi connectivity index (χ4n) is 5.80. The molecule has 1 N–H and O–H groups in total. The van der Waals surface area contributed by atoms with Crippen LogP contribution in [0, 0.1) is 19.3 Å². The summed E-state index contributed by atoms with van der Waals surface area (Å²) in [4.78, 5) is 24.0. The number of benzene rings is 2. The third-order valence-corrected chi connectivity index (χ3v) is 8.66. The number of hydrogen-bond donors (Lipinski definition) is 1. The van der Waals surface area contributed by atoms with Crippen molar-refractivity contribution in [2.45, 2.75) is 64.8 Å². The number of aryl methyl sites for hydroxylation is 2. The van der Waals surface area contributed by atoms with E-state index in [0.717, 1.165) is 40.8 Å². The number of amides is 1. The molecule has 1 fully saturated rings. The summed E-state index contributed by atoms with van der Waals surface area (Å²) in [6, 6.07) is 11.8. The first kappa shape index (κ1) is 20.4. The van der Waals surface area contributed by atoms with Crippen LogP contribution in [0.3, 0.4) is 0 Å². The number of rotatable bonds is 3. The Kier molecular flexibility index (Phi) is 4.30. The number of aromatic nitrogens is 2. The van der Waals surface area contributed by atoms with Gasteiger partial charge in [0.15, 0.2) is 0 Å². The van der Waals surface area contributed by atoms with Crippen LogP contribution in [0.1, 0.15) is 61.7 Å². The zero-order valence-corrected chi connectivity index (χ0v) is 19.5. The lowest BCUT2D eigenvalue weighted by molar-refractivity contribution is -0.130. The highest BCUT2D eigenvalue weighted by molar-refractivity contribution is 6.30. The van der Waals surface area contributed by atoms with Crippen LogP contribution in [-0.2, 0) is 22.2 Å². The molecule has 0 spiro atoms. The maximum Gasteiger partial charge on any atom is 0.233 e. The molecule has 5 heteroatoms. The van der Waals surface area contributed by atoms with Gasteiger partial charge in [0.1, 0.15) is 0 Å². The van der Waals surface area contributed by atoms with E-state index in [1.807, 2.05) is 24.3 Å². The second-order valence-corrected chi connectivity index (χ2v) is 10.5. The second kappa shape index (κ2) is 6.52. The van der Waals surface area contributed by atoms with Crippen molar-refractivity contribution in [2.24, 2.45) is 5.41 Å². The third kappa shape index (κ3) is 2.57. The Labute approximate surface area is 188 Å². The SMILES string of the molecule is Cc1cc2nc3c(nc2cc1C)C1(C(=O)NCc2ccc(Cl)cc2)CCC3(C)C1(C)C. The van der Waals surface area contributed by atoms with Crippen molar-refractivity contribution in [3.05, 3.63) is 69.5 Å². The fourth-order valence-corrected chi connectivity index (χ4v) is 5.92. The predicted molar refractivity (Wildman–Crippen MR) is 124 cm³/mol. The van der Waals surface area contributed by atoms with E-state index < -0.39 is 5.41 Å². The van der Waals surface area contributed by atoms with Crippen LogP contribution in [0.5, 0.6) is 0 Å². The summed E-state index contributed by atoms with van der Waals surface area (Å²) in [5.41, 5.74) is 5.96. The summed E-state index contributed by atoms with van der Waals surface area (Å²) in [7, 11) is 0. The molecule has 31 heavy (non-hydrogen) atoms. The first-order valence-corrected chi connectivity index (χ1v) is 11.3. The number of hydrogen-bond acceptors (Lipinski definition) is 3. The highest BCUT2D eigenvalue weighted by Crippen LogP contribution is 2.70. The Morgan fingerprint density at radius 1 is 0.968 bits per heavy atom. The minimum Gasteiger partial charge on any atom is -0.351 e. The molecule has 2 atom stereocenters. The third-order valence-electron chi connectivity index (χ3n) is 8.41. The molecular formula is C26H28ClN3O. The Bertz CT molecular complexity index is 1230. The van der Waals surface area contributed by atoms with Crippen molar-refractivity contribution in [3.63, 3.8) is 0 Å². The standard InChI is InChI=1S/C26H28ClN3O/c1-15-12-19-20(13-16(15)2)30-22-21(29-19)25(5)10-11-26(22,24(25,3)4)23(31)28-14-17-6-8-18(27)9-7-17/h6-9,12-13H,10-11,14H2,1-5H3,(H,28,31). The molecule has 0 aliphatic heterocycles. The normalized spacial score (nSPS) is 25.6. The molecule has 5 rings (SSSR count). The van der Waals surface area contributed by atoms with Gasteiger partial charge in [-0.3, -0.25) is 4.79 Å². The van der Waals surface area contributed by atoms with E-state index in [1.165, 1.54) is 11.1 Å². The Hall–Kier alpha value is -2.46. The van der Waals surface area contributed by atoms with Crippen molar-refractivity contribution in [3.8, 4) is 0 Å². The molecule has 1 heterocycles.